The van der Waals surface area contributed by atoms with Crippen molar-refractivity contribution in [3.8, 4) is 0 Å². The Hall–Kier alpha value is -0.520. The highest BCUT2D eigenvalue weighted by Gasteiger charge is 2.54. The number of imide groups is 1. The zero-order valence-corrected chi connectivity index (χ0v) is 12.2. The third kappa shape index (κ3) is 2.43. The van der Waals surface area contributed by atoms with Gasteiger partial charge in [-0.15, -0.1) is 24.0 Å². The van der Waals surface area contributed by atoms with E-state index in [-0.39, 0.29) is 24.3 Å². The first-order chi connectivity index (χ1) is 8.64. The average molecular weight is 308 g/mol. The molecule has 19 heavy (non-hydrogen) atoms. The molecule has 0 aromatic carbocycles. The third-order valence-corrected chi connectivity index (χ3v) is 4.71. The fraction of sp³-hybridized carbons (Fsp3) is 0.833. The molecule has 1 spiro atoms. The number of hydrogen-bond acceptors (Lipinski definition) is 3. The molecule has 3 saturated heterocycles. The first-order valence-corrected chi connectivity index (χ1v) is 7.13. The quantitative estimate of drug-likeness (QED) is 0.596. The Morgan fingerprint density at radius 3 is 2.37 bits per heavy atom. The largest absolute Gasteiger partial charge is 0.323 e. The normalized spacial score (nSPS) is 37.7. The lowest BCUT2D eigenvalue weighted by molar-refractivity contribution is -0.128. The second-order valence-corrected chi connectivity index (χ2v) is 5.94. The van der Waals surface area contributed by atoms with Gasteiger partial charge in [0.25, 0.3) is 5.91 Å². The number of piperidine rings is 2. The van der Waals surface area contributed by atoms with E-state index in [0.717, 1.165) is 32.2 Å². The van der Waals surface area contributed by atoms with Crippen LogP contribution in [0.4, 0.5) is 4.79 Å². The topological polar surface area (TPSA) is 61.4 Å². The van der Waals surface area contributed by atoms with Crippen LogP contribution in [0, 0.1) is 0 Å². The van der Waals surface area contributed by atoms with Crippen molar-refractivity contribution in [2.75, 3.05) is 12.4 Å². The van der Waals surface area contributed by atoms with Crippen molar-refractivity contribution < 1.29 is 9.59 Å². The lowest BCUT2D eigenvalue weighted by Gasteiger charge is -2.51. The van der Waals surface area contributed by atoms with Gasteiger partial charge in [0.2, 0.25) is 0 Å². The van der Waals surface area contributed by atoms with Crippen molar-refractivity contribution in [1.82, 2.24) is 15.5 Å². The van der Waals surface area contributed by atoms with Crippen molar-refractivity contribution in [1.29, 1.82) is 0 Å². The number of hydrogen-bond donors (Lipinski definition) is 2. The molecular weight excluding hydrogens is 289 g/mol. The molecule has 3 rings (SSSR count). The van der Waals surface area contributed by atoms with Gasteiger partial charge in [0, 0.05) is 24.5 Å². The maximum atomic E-state index is 12.0. The summed E-state index contributed by atoms with van der Waals surface area (Å²) in [5.74, 6) is 0.480. The van der Waals surface area contributed by atoms with Crippen LogP contribution in [-0.4, -0.2) is 46.9 Å². The molecule has 3 heterocycles. The molecule has 2 bridgehead atoms. The molecular formula is C12H19Cl2N3O2. The van der Waals surface area contributed by atoms with Crippen LogP contribution in [0.5, 0.6) is 0 Å². The molecule has 2 atom stereocenters. The van der Waals surface area contributed by atoms with Crippen molar-refractivity contribution in [2.24, 2.45) is 0 Å². The first-order valence-electron chi connectivity index (χ1n) is 6.60. The second kappa shape index (κ2) is 5.46. The summed E-state index contributed by atoms with van der Waals surface area (Å²) >= 11 is 5.86. The SMILES string of the molecule is Cl.O=C1NC(=O)C2(CC3CCCC(C2)N3CCCl)N1. The highest BCUT2D eigenvalue weighted by molar-refractivity contribution is 6.18. The molecule has 3 aliphatic heterocycles. The van der Waals surface area contributed by atoms with E-state index < -0.39 is 5.54 Å². The Labute approximate surface area is 123 Å². The Bertz CT molecular complexity index is 377. The monoisotopic (exact) mass is 307 g/mol. The van der Waals surface area contributed by atoms with Crippen molar-refractivity contribution in [3.63, 3.8) is 0 Å². The molecule has 108 valence electrons. The number of fused-ring (bicyclic) bond motifs is 2. The van der Waals surface area contributed by atoms with Crippen LogP contribution >= 0.6 is 24.0 Å². The van der Waals surface area contributed by atoms with E-state index in [1.165, 1.54) is 6.42 Å². The maximum absolute atomic E-state index is 12.0. The molecule has 2 N–H and O–H groups in total. The minimum atomic E-state index is -0.657. The standard InChI is InChI=1S/C12H18ClN3O2.ClH/c13-4-5-16-8-2-1-3-9(16)7-12(6-8)10(17)14-11(18)15-12;/h8-9H,1-7H2,(H2,14,15,17,18);1H. The molecule has 0 aromatic heterocycles. The highest BCUT2D eigenvalue weighted by Crippen LogP contribution is 2.40. The molecule has 0 aliphatic carbocycles. The van der Waals surface area contributed by atoms with Crippen LogP contribution < -0.4 is 10.6 Å². The van der Waals surface area contributed by atoms with E-state index in [1.807, 2.05) is 0 Å². The summed E-state index contributed by atoms with van der Waals surface area (Å²) in [7, 11) is 0. The van der Waals surface area contributed by atoms with Crippen molar-refractivity contribution in [2.45, 2.75) is 49.7 Å². The van der Waals surface area contributed by atoms with Gasteiger partial charge in [0.05, 0.1) is 0 Å². The van der Waals surface area contributed by atoms with E-state index in [1.54, 1.807) is 0 Å². The van der Waals surface area contributed by atoms with E-state index >= 15 is 0 Å². The third-order valence-electron chi connectivity index (χ3n) is 4.54. The zero-order chi connectivity index (χ0) is 12.8. The van der Waals surface area contributed by atoms with Gasteiger partial charge >= 0.3 is 6.03 Å². The predicted molar refractivity (Wildman–Crippen MR) is 74.7 cm³/mol. The summed E-state index contributed by atoms with van der Waals surface area (Å²) in [5.41, 5.74) is -0.657. The van der Waals surface area contributed by atoms with Crippen LogP contribution in [0.15, 0.2) is 0 Å². The molecule has 3 amide bonds. The van der Waals surface area contributed by atoms with Gasteiger partial charge in [-0.05, 0) is 25.7 Å². The van der Waals surface area contributed by atoms with Crippen molar-refractivity contribution >= 4 is 35.9 Å². The molecule has 3 fully saturated rings. The molecule has 3 aliphatic rings. The molecule has 0 aromatic rings. The first kappa shape index (κ1) is 14.9. The molecule has 0 radical (unpaired) electrons. The van der Waals surface area contributed by atoms with E-state index in [2.05, 4.69) is 15.5 Å². The fourth-order valence-electron chi connectivity index (χ4n) is 3.82. The summed E-state index contributed by atoms with van der Waals surface area (Å²) in [6.45, 7) is 0.878. The Kier molecular flexibility index (Phi) is 4.28. The second-order valence-electron chi connectivity index (χ2n) is 5.56. The highest BCUT2D eigenvalue weighted by atomic mass is 35.5. The van der Waals surface area contributed by atoms with Crippen LogP contribution in [0.1, 0.15) is 32.1 Å². The average Bonchev–Trinajstić information content (AvgIpc) is 2.55. The number of amides is 3. The van der Waals surface area contributed by atoms with Gasteiger partial charge in [-0.2, -0.15) is 0 Å². The number of halogens is 2. The molecule has 5 nitrogen and oxygen atoms in total. The van der Waals surface area contributed by atoms with Gasteiger partial charge < -0.3 is 5.32 Å². The van der Waals surface area contributed by atoms with E-state index in [9.17, 15) is 9.59 Å². The van der Waals surface area contributed by atoms with Crippen LogP contribution in [-0.2, 0) is 4.79 Å². The number of carbonyl (C=O) groups excluding carboxylic acids is 2. The number of carbonyl (C=O) groups is 2. The lowest BCUT2D eigenvalue weighted by Crippen LogP contribution is -2.63. The number of rotatable bonds is 2. The Morgan fingerprint density at radius 1 is 1.26 bits per heavy atom. The molecule has 7 heteroatoms. The van der Waals surface area contributed by atoms with Crippen LogP contribution in [0.3, 0.4) is 0 Å². The minimum absolute atomic E-state index is 0. The van der Waals surface area contributed by atoms with Crippen LogP contribution in [0.2, 0.25) is 0 Å². The van der Waals surface area contributed by atoms with Gasteiger partial charge in [0.1, 0.15) is 5.54 Å². The minimum Gasteiger partial charge on any atom is -0.323 e. The van der Waals surface area contributed by atoms with Gasteiger partial charge in [-0.1, -0.05) is 6.42 Å². The lowest BCUT2D eigenvalue weighted by atomic mass is 9.73. The smallest absolute Gasteiger partial charge is 0.322 e. The Balaban J connectivity index is 0.00000133. The predicted octanol–water partition coefficient (Wildman–Crippen LogP) is 1.24. The summed E-state index contributed by atoms with van der Waals surface area (Å²) in [6, 6.07) is 0.407. The summed E-state index contributed by atoms with van der Waals surface area (Å²) in [6.07, 6.45) is 4.84. The van der Waals surface area contributed by atoms with Crippen LogP contribution in [0.25, 0.3) is 0 Å². The molecule has 2 unspecified atom stereocenters. The maximum Gasteiger partial charge on any atom is 0.322 e. The number of alkyl halides is 1. The van der Waals surface area contributed by atoms with Crippen molar-refractivity contribution in [3.05, 3.63) is 0 Å². The summed E-state index contributed by atoms with van der Waals surface area (Å²) in [5, 5.41) is 5.23. The van der Waals surface area contributed by atoms with E-state index in [4.69, 9.17) is 11.6 Å². The van der Waals surface area contributed by atoms with Gasteiger partial charge in [-0.3, -0.25) is 15.0 Å². The number of nitrogens with one attached hydrogen (secondary N) is 2. The molecule has 0 saturated carbocycles. The summed E-state index contributed by atoms with van der Waals surface area (Å²) in [4.78, 5) is 25.8. The number of nitrogens with zero attached hydrogens (tertiary/aromatic N) is 1. The zero-order valence-electron chi connectivity index (χ0n) is 10.7. The summed E-state index contributed by atoms with van der Waals surface area (Å²) < 4.78 is 0. The Morgan fingerprint density at radius 2 is 1.89 bits per heavy atom. The van der Waals surface area contributed by atoms with Gasteiger partial charge in [-0.25, -0.2) is 4.79 Å². The van der Waals surface area contributed by atoms with Gasteiger partial charge in [0.15, 0.2) is 0 Å². The number of urea groups is 1. The van der Waals surface area contributed by atoms with E-state index in [0.29, 0.717) is 18.0 Å². The fourth-order valence-corrected chi connectivity index (χ4v) is 4.02.